The molecule has 1 saturated carbocycles. The SMILES string of the molecule is CCCNc1nc(Nc2ccc(C(N)=O)cc2)ncc1C(=O)NC1CCCC(NC(=O)CNC)C1. The van der Waals surface area contributed by atoms with Crippen molar-refractivity contribution in [1.82, 2.24) is 25.9 Å². The Hall–Kier alpha value is -3.73. The number of hydrogen-bond donors (Lipinski definition) is 6. The van der Waals surface area contributed by atoms with Gasteiger partial charge in [-0.3, -0.25) is 14.4 Å². The maximum absolute atomic E-state index is 13.1. The molecule has 0 saturated heterocycles. The van der Waals surface area contributed by atoms with Crippen LogP contribution in [0.5, 0.6) is 0 Å². The smallest absolute Gasteiger partial charge is 0.256 e. The molecule has 1 fully saturated rings. The van der Waals surface area contributed by atoms with Crippen molar-refractivity contribution in [2.24, 2.45) is 5.73 Å². The number of amides is 3. The van der Waals surface area contributed by atoms with Crippen molar-refractivity contribution in [2.75, 3.05) is 30.8 Å². The molecule has 3 amide bonds. The summed E-state index contributed by atoms with van der Waals surface area (Å²) in [5.74, 6) is -0.0504. The number of benzene rings is 1. The van der Waals surface area contributed by atoms with Crippen molar-refractivity contribution >= 4 is 35.2 Å². The molecule has 7 N–H and O–H groups in total. The fourth-order valence-electron chi connectivity index (χ4n) is 3.99. The zero-order valence-electron chi connectivity index (χ0n) is 20.2. The number of primary amides is 1. The molecule has 0 spiro atoms. The lowest BCUT2D eigenvalue weighted by molar-refractivity contribution is -0.121. The predicted octanol–water partition coefficient (Wildman–Crippen LogP) is 1.52. The summed E-state index contributed by atoms with van der Waals surface area (Å²) in [6.45, 7) is 2.94. The van der Waals surface area contributed by atoms with E-state index in [1.807, 2.05) is 6.92 Å². The zero-order chi connectivity index (χ0) is 25.2. The van der Waals surface area contributed by atoms with E-state index in [2.05, 4.69) is 36.6 Å². The number of carbonyl (C=O) groups is 3. The summed E-state index contributed by atoms with van der Waals surface area (Å²) in [5.41, 5.74) is 6.73. The minimum atomic E-state index is -0.501. The number of nitrogens with one attached hydrogen (secondary N) is 5. The minimum Gasteiger partial charge on any atom is -0.369 e. The van der Waals surface area contributed by atoms with Crippen LogP contribution in [0.1, 0.15) is 59.7 Å². The van der Waals surface area contributed by atoms with Gasteiger partial charge < -0.3 is 32.3 Å². The maximum atomic E-state index is 13.1. The Kier molecular flexibility index (Phi) is 9.36. The van der Waals surface area contributed by atoms with Gasteiger partial charge in [0.2, 0.25) is 17.8 Å². The van der Waals surface area contributed by atoms with Crippen molar-refractivity contribution in [3.8, 4) is 0 Å². The number of nitrogens with zero attached hydrogens (tertiary/aromatic N) is 2. The second kappa shape index (κ2) is 12.7. The Morgan fingerprint density at radius 1 is 1.09 bits per heavy atom. The summed E-state index contributed by atoms with van der Waals surface area (Å²) in [4.78, 5) is 45.1. The lowest BCUT2D eigenvalue weighted by atomic mass is 9.90. The van der Waals surface area contributed by atoms with Crippen molar-refractivity contribution in [2.45, 2.75) is 51.1 Å². The molecule has 2 unspecified atom stereocenters. The molecule has 1 aromatic heterocycles. The Balaban J connectivity index is 1.68. The third-order valence-corrected chi connectivity index (χ3v) is 5.71. The van der Waals surface area contributed by atoms with Crippen molar-refractivity contribution in [3.05, 3.63) is 41.6 Å². The average molecular weight is 483 g/mol. The van der Waals surface area contributed by atoms with Crippen LogP contribution in [0.25, 0.3) is 0 Å². The van der Waals surface area contributed by atoms with Gasteiger partial charge in [0, 0.05) is 36.1 Å². The highest BCUT2D eigenvalue weighted by molar-refractivity contribution is 5.99. The molecule has 188 valence electrons. The highest BCUT2D eigenvalue weighted by Crippen LogP contribution is 2.22. The maximum Gasteiger partial charge on any atom is 0.256 e. The lowest BCUT2D eigenvalue weighted by Gasteiger charge is -2.30. The Morgan fingerprint density at radius 2 is 1.80 bits per heavy atom. The minimum absolute atomic E-state index is 0.0383. The lowest BCUT2D eigenvalue weighted by Crippen LogP contribution is -2.47. The monoisotopic (exact) mass is 482 g/mol. The number of hydrogen-bond acceptors (Lipinski definition) is 8. The van der Waals surface area contributed by atoms with E-state index in [0.29, 0.717) is 41.5 Å². The first kappa shape index (κ1) is 25.9. The van der Waals surface area contributed by atoms with E-state index in [0.717, 1.165) is 25.7 Å². The van der Waals surface area contributed by atoms with Crippen molar-refractivity contribution in [1.29, 1.82) is 0 Å². The van der Waals surface area contributed by atoms with E-state index < -0.39 is 5.91 Å². The third kappa shape index (κ3) is 7.64. The molecule has 11 heteroatoms. The number of aromatic nitrogens is 2. The van der Waals surface area contributed by atoms with Crippen LogP contribution >= 0.6 is 0 Å². The normalized spacial score (nSPS) is 17.3. The summed E-state index contributed by atoms with van der Waals surface area (Å²) >= 11 is 0. The van der Waals surface area contributed by atoms with Gasteiger partial charge in [0.25, 0.3) is 5.91 Å². The van der Waals surface area contributed by atoms with Gasteiger partial charge in [-0.2, -0.15) is 4.98 Å². The second-order valence-electron chi connectivity index (χ2n) is 8.58. The van der Waals surface area contributed by atoms with Crippen LogP contribution in [-0.2, 0) is 4.79 Å². The second-order valence-corrected chi connectivity index (χ2v) is 8.58. The van der Waals surface area contributed by atoms with Gasteiger partial charge in [0.05, 0.1) is 6.54 Å². The number of nitrogens with two attached hydrogens (primary N) is 1. The van der Waals surface area contributed by atoms with E-state index >= 15 is 0 Å². The first-order valence-corrected chi connectivity index (χ1v) is 11.9. The molecule has 2 aromatic rings. The third-order valence-electron chi connectivity index (χ3n) is 5.71. The Bertz CT molecular complexity index is 1030. The quantitative estimate of drug-likeness (QED) is 0.281. The molecule has 2 atom stereocenters. The Labute approximate surface area is 205 Å². The highest BCUT2D eigenvalue weighted by Gasteiger charge is 2.26. The van der Waals surface area contributed by atoms with E-state index in [1.165, 1.54) is 6.20 Å². The van der Waals surface area contributed by atoms with Crippen LogP contribution < -0.4 is 32.3 Å². The van der Waals surface area contributed by atoms with Gasteiger partial charge in [-0.15, -0.1) is 0 Å². The van der Waals surface area contributed by atoms with Gasteiger partial charge >= 0.3 is 0 Å². The van der Waals surface area contributed by atoms with Gasteiger partial charge in [0.15, 0.2) is 0 Å². The topological polar surface area (TPSA) is 163 Å². The molecule has 0 bridgehead atoms. The molecular weight excluding hydrogens is 448 g/mol. The number of carbonyl (C=O) groups excluding carboxylic acids is 3. The summed E-state index contributed by atoms with van der Waals surface area (Å²) in [7, 11) is 1.73. The molecule has 0 radical (unpaired) electrons. The van der Waals surface area contributed by atoms with Crippen LogP contribution in [0, 0.1) is 0 Å². The average Bonchev–Trinajstić information content (AvgIpc) is 2.83. The molecule has 1 heterocycles. The fourth-order valence-corrected chi connectivity index (χ4v) is 3.99. The summed E-state index contributed by atoms with van der Waals surface area (Å²) in [6, 6.07) is 6.63. The molecule has 0 aliphatic heterocycles. The van der Waals surface area contributed by atoms with Crippen LogP contribution in [0.2, 0.25) is 0 Å². The van der Waals surface area contributed by atoms with Crippen LogP contribution in [0.4, 0.5) is 17.5 Å². The van der Waals surface area contributed by atoms with Crippen LogP contribution in [-0.4, -0.2) is 59.9 Å². The van der Waals surface area contributed by atoms with Gasteiger partial charge in [-0.25, -0.2) is 4.98 Å². The number of rotatable bonds is 11. The van der Waals surface area contributed by atoms with Crippen LogP contribution in [0.3, 0.4) is 0 Å². The Morgan fingerprint density at radius 3 is 2.46 bits per heavy atom. The highest BCUT2D eigenvalue weighted by atomic mass is 16.2. The van der Waals surface area contributed by atoms with E-state index in [9.17, 15) is 14.4 Å². The first-order chi connectivity index (χ1) is 16.9. The fraction of sp³-hybridized carbons (Fsp3) is 0.458. The van der Waals surface area contributed by atoms with Gasteiger partial charge in [-0.1, -0.05) is 6.92 Å². The number of anilines is 3. The summed E-state index contributed by atoms with van der Waals surface area (Å²) < 4.78 is 0. The molecule has 3 rings (SSSR count). The van der Waals surface area contributed by atoms with Gasteiger partial charge in [-0.05, 0) is 63.4 Å². The molecular formula is C24H34N8O3. The van der Waals surface area contributed by atoms with E-state index in [4.69, 9.17) is 5.73 Å². The first-order valence-electron chi connectivity index (χ1n) is 11.9. The molecule has 35 heavy (non-hydrogen) atoms. The van der Waals surface area contributed by atoms with Gasteiger partial charge in [0.1, 0.15) is 11.4 Å². The molecule has 1 aromatic carbocycles. The molecule has 11 nitrogen and oxygen atoms in total. The zero-order valence-corrected chi connectivity index (χ0v) is 20.2. The summed E-state index contributed by atoms with van der Waals surface area (Å²) in [6.07, 6.45) is 5.71. The molecule has 1 aliphatic carbocycles. The summed E-state index contributed by atoms with van der Waals surface area (Å²) in [5, 5.41) is 15.2. The van der Waals surface area contributed by atoms with Crippen molar-refractivity contribution < 1.29 is 14.4 Å². The van der Waals surface area contributed by atoms with Crippen molar-refractivity contribution in [3.63, 3.8) is 0 Å². The largest absolute Gasteiger partial charge is 0.369 e. The van der Waals surface area contributed by atoms with Crippen LogP contribution in [0.15, 0.2) is 30.5 Å². The number of likely N-dealkylation sites (N-methyl/N-ethyl adjacent to an activating group) is 1. The molecule has 1 aliphatic rings. The van der Waals surface area contributed by atoms with E-state index in [-0.39, 0.29) is 30.4 Å². The standard InChI is InChI=1S/C24H34N8O3/c1-3-11-27-22-19(13-28-24(32-22)31-16-9-7-15(8-10-16)21(25)34)23(35)30-18-6-4-5-17(12-18)29-20(33)14-26-2/h7-10,13,17-18,26H,3-6,11-12,14H2,1-2H3,(H2,25,34)(H,29,33)(H,30,35)(H2,27,28,31,32). The predicted molar refractivity (Wildman–Crippen MR) is 135 cm³/mol. The van der Waals surface area contributed by atoms with E-state index in [1.54, 1.807) is 31.3 Å².